The van der Waals surface area contributed by atoms with E-state index in [1.807, 2.05) is 34.6 Å². The Morgan fingerprint density at radius 1 is 0.350 bits per heavy atom. The summed E-state index contributed by atoms with van der Waals surface area (Å²) in [6.45, 7) is 0. The summed E-state index contributed by atoms with van der Waals surface area (Å²) in [5.41, 5.74) is 0. The first-order chi connectivity index (χ1) is 10.0. The van der Waals surface area contributed by atoms with Crippen molar-refractivity contribution >= 4 is 19.4 Å². The summed E-state index contributed by atoms with van der Waals surface area (Å²) in [6.07, 6.45) is 28.0. The Labute approximate surface area is 153 Å². The third-order valence-corrected chi connectivity index (χ3v) is 2.67. The van der Waals surface area contributed by atoms with Gasteiger partial charge in [0.2, 0.25) is 0 Å². The van der Waals surface area contributed by atoms with Crippen LogP contribution in [0.25, 0.3) is 0 Å². The van der Waals surface area contributed by atoms with Gasteiger partial charge in [-0.1, -0.05) is 48.6 Å². The van der Waals surface area contributed by atoms with E-state index >= 15 is 0 Å². The normalized spacial score (nSPS) is 23.0. The van der Waals surface area contributed by atoms with Crippen LogP contribution in [-0.2, 0) is 34.6 Å². The molecule has 0 saturated heterocycles. The molecule has 0 aromatic rings. The van der Waals surface area contributed by atoms with Crippen LogP contribution in [0.15, 0.2) is 48.6 Å². The van der Waals surface area contributed by atoms with Crippen LogP contribution in [0, 0.1) is 0 Å². The van der Waals surface area contributed by atoms with Gasteiger partial charge in [-0.2, -0.15) is 0 Å². The molecule has 0 bridgehead atoms. The average Bonchev–Trinajstić information content (AvgIpc) is 2.42. The van der Waals surface area contributed by atoms with Gasteiger partial charge in [0.1, 0.15) is 0 Å². The number of hydrogen-bond acceptors (Lipinski definition) is 0. The topological polar surface area (TPSA) is 0 Å². The van der Waals surface area contributed by atoms with E-state index in [0.29, 0.717) is 0 Å². The van der Waals surface area contributed by atoms with Crippen LogP contribution < -0.4 is 0 Å². The fraction of sp³-hybridized carbons (Fsp3) is 0.500. The predicted molar refractivity (Wildman–Crippen MR) is 85.2 cm³/mol. The molecule has 0 radical (unpaired) electrons. The molecule has 0 atom stereocenters. The zero-order chi connectivity index (χ0) is 15.3. The molecular weight excluding hydrogens is 465 g/mol. The first-order valence-electron chi connectivity index (χ1n) is 6.87. The summed E-state index contributed by atoms with van der Waals surface area (Å²) in [5.74, 6) is 0. The van der Waals surface area contributed by atoms with Crippen LogP contribution >= 0.6 is 19.4 Å². The molecule has 0 aromatic heterocycles. The molecule has 0 saturated carbocycles. The molecule has 0 aromatic carbocycles. The van der Waals surface area contributed by atoms with E-state index in [1.165, 1.54) is 51.4 Å². The van der Waals surface area contributed by atoms with Crippen LogP contribution in [0.2, 0.25) is 0 Å². The van der Waals surface area contributed by atoms with Crippen molar-refractivity contribution in [2.75, 3.05) is 0 Å². The fourth-order valence-corrected chi connectivity index (χ4v) is 1.71. The summed E-state index contributed by atoms with van der Waals surface area (Å²) in [7, 11) is 9.14. The second-order valence-corrected chi connectivity index (χ2v) is 4.20. The predicted octanol–water partition coefficient (Wildman–Crippen LogP) is 6.72. The van der Waals surface area contributed by atoms with Gasteiger partial charge in [0.25, 0.3) is 0 Å². The van der Waals surface area contributed by atoms with Gasteiger partial charge in [0.15, 0.2) is 0 Å². The van der Waals surface area contributed by atoms with Crippen LogP contribution in [0.4, 0.5) is 0 Å². The maximum absolute atomic E-state index is 4.57. The molecule has 20 heavy (non-hydrogen) atoms. The standard InChI is InChI=1S/2C8H12.2ClH.2Ru/c2*1-2-4-6-8-7-5-3-1;;;;/h2*1-2,7-8H,3-6H2;2*1H;;/q;;;;2*+1/p-2/b2*2-1-,8-7-;;;;. The minimum atomic E-state index is 1.23. The van der Waals surface area contributed by atoms with E-state index < -0.39 is 0 Å². The van der Waals surface area contributed by atoms with E-state index in [1.54, 1.807) is 0 Å². The molecule has 0 heterocycles. The SMILES string of the molecule is C1=C\CC/C=C\CC/1.C1=C\CC/C=C\CC/1.[Cl][Ru].[Cl][Ru]. The second-order valence-electron chi connectivity index (χ2n) is 4.20. The number of allylic oxidation sites excluding steroid dienone is 8. The van der Waals surface area contributed by atoms with Crippen molar-refractivity contribution in [1.82, 2.24) is 0 Å². The molecule has 4 heteroatoms. The maximum atomic E-state index is 4.57. The zero-order valence-corrected chi connectivity index (χ0v) is 16.7. The monoisotopic (exact) mass is 490 g/mol. The first kappa shape index (κ1) is 23.1. The molecule has 0 N–H and O–H groups in total. The van der Waals surface area contributed by atoms with Gasteiger partial charge < -0.3 is 0 Å². The molecule has 118 valence electrons. The van der Waals surface area contributed by atoms with Crippen molar-refractivity contribution in [1.29, 1.82) is 0 Å². The van der Waals surface area contributed by atoms with Crippen LogP contribution in [-0.4, -0.2) is 0 Å². The third kappa shape index (κ3) is 21.1. The van der Waals surface area contributed by atoms with Crippen molar-refractivity contribution in [3.05, 3.63) is 48.6 Å². The molecule has 2 aliphatic carbocycles. The van der Waals surface area contributed by atoms with Crippen molar-refractivity contribution in [3.63, 3.8) is 0 Å². The summed E-state index contributed by atoms with van der Waals surface area (Å²) < 4.78 is 0. The van der Waals surface area contributed by atoms with Crippen molar-refractivity contribution in [2.24, 2.45) is 0 Å². The summed E-state index contributed by atoms with van der Waals surface area (Å²) >= 11 is 3.64. The zero-order valence-electron chi connectivity index (χ0n) is 11.7. The first-order valence-corrected chi connectivity index (χ1v) is 11.3. The van der Waals surface area contributed by atoms with Gasteiger partial charge in [0, 0.05) is 0 Å². The Morgan fingerprint density at radius 3 is 0.550 bits per heavy atom. The molecule has 0 amide bonds. The molecular formula is C16H24Cl2Ru2. The fourth-order valence-electron chi connectivity index (χ4n) is 1.71. The number of hydrogen-bond donors (Lipinski definition) is 0. The Kier molecular flexibility index (Phi) is 28.6. The number of halogens is 2. The summed E-state index contributed by atoms with van der Waals surface area (Å²) in [6, 6.07) is 0. The molecule has 2 aliphatic rings. The molecule has 2 rings (SSSR count). The Bertz CT molecular complexity index is 192. The van der Waals surface area contributed by atoms with Gasteiger partial charge in [-0.15, -0.1) is 0 Å². The Hall–Kier alpha value is 0.787. The Balaban J connectivity index is 0. The van der Waals surface area contributed by atoms with Gasteiger partial charge in [-0.25, -0.2) is 0 Å². The van der Waals surface area contributed by atoms with E-state index in [-0.39, 0.29) is 0 Å². The van der Waals surface area contributed by atoms with Crippen molar-refractivity contribution < 1.29 is 34.6 Å². The Morgan fingerprint density at radius 2 is 0.450 bits per heavy atom. The molecule has 0 unspecified atom stereocenters. The van der Waals surface area contributed by atoms with Gasteiger partial charge in [0.05, 0.1) is 0 Å². The second kappa shape index (κ2) is 24.8. The van der Waals surface area contributed by atoms with E-state index in [2.05, 4.69) is 68.0 Å². The average molecular weight is 489 g/mol. The number of rotatable bonds is 0. The molecule has 0 spiro atoms. The molecule has 0 nitrogen and oxygen atoms in total. The van der Waals surface area contributed by atoms with E-state index in [4.69, 9.17) is 0 Å². The van der Waals surface area contributed by atoms with Crippen molar-refractivity contribution in [3.8, 4) is 0 Å². The quantitative estimate of drug-likeness (QED) is 0.262. The summed E-state index contributed by atoms with van der Waals surface area (Å²) in [4.78, 5) is 0. The van der Waals surface area contributed by atoms with Crippen LogP contribution in [0.3, 0.4) is 0 Å². The van der Waals surface area contributed by atoms with E-state index in [0.717, 1.165) is 0 Å². The minimum absolute atomic E-state index is 1.23. The molecule has 0 fully saturated rings. The van der Waals surface area contributed by atoms with Crippen LogP contribution in [0.5, 0.6) is 0 Å². The van der Waals surface area contributed by atoms with Gasteiger partial charge >= 0.3 is 54.0 Å². The van der Waals surface area contributed by atoms with Gasteiger partial charge in [-0.3, -0.25) is 0 Å². The van der Waals surface area contributed by atoms with Crippen molar-refractivity contribution in [2.45, 2.75) is 51.4 Å². The molecule has 0 aliphatic heterocycles. The summed E-state index contributed by atoms with van der Waals surface area (Å²) in [5, 5.41) is 0. The van der Waals surface area contributed by atoms with Crippen LogP contribution in [0.1, 0.15) is 51.4 Å². The van der Waals surface area contributed by atoms with E-state index in [9.17, 15) is 0 Å². The third-order valence-electron chi connectivity index (χ3n) is 2.67. The van der Waals surface area contributed by atoms with Gasteiger partial charge in [-0.05, 0) is 51.4 Å².